The number of benzene rings is 1. The highest BCUT2D eigenvalue weighted by Crippen LogP contribution is 2.44. The number of nitrogens with two attached hydrogens (primary N) is 1. The molecule has 1 aliphatic carbocycles. The molecule has 3 unspecified atom stereocenters. The van der Waals surface area contributed by atoms with Crippen LogP contribution in [-0.4, -0.2) is 38.9 Å². The lowest BCUT2D eigenvalue weighted by Gasteiger charge is -2.28. The predicted molar refractivity (Wildman–Crippen MR) is 80.8 cm³/mol. The minimum Gasteiger partial charge on any atom is -0.493 e. The number of ether oxygens (including phenoxy) is 3. The van der Waals surface area contributed by atoms with Gasteiger partial charge in [-0.2, -0.15) is 0 Å². The van der Waals surface area contributed by atoms with E-state index in [4.69, 9.17) is 19.9 Å². The van der Waals surface area contributed by atoms with Crippen LogP contribution < -0.4 is 19.9 Å². The Labute approximate surface area is 126 Å². The highest BCUT2D eigenvalue weighted by molar-refractivity contribution is 5.55. The summed E-state index contributed by atoms with van der Waals surface area (Å²) in [5.41, 5.74) is 7.14. The SMILES string of the molecule is COc1cc(C(CN)N(C)CC2CC2C)cc2c1OCO2. The molecule has 1 aromatic carbocycles. The molecule has 1 aromatic rings. The first-order valence-corrected chi connectivity index (χ1v) is 7.51. The Morgan fingerprint density at radius 3 is 2.81 bits per heavy atom. The zero-order chi connectivity index (χ0) is 15.0. The lowest BCUT2D eigenvalue weighted by atomic mass is 10.0. The van der Waals surface area contributed by atoms with Crippen molar-refractivity contribution in [2.45, 2.75) is 19.4 Å². The highest BCUT2D eigenvalue weighted by Gasteiger charge is 2.35. The Balaban J connectivity index is 1.83. The van der Waals surface area contributed by atoms with Gasteiger partial charge in [0.1, 0.15) is 0 Å². The third-order valence-corrected chi connectivity index (χ3v) is 4.62. The van der Waals surface area contributed by atoms with Gasteiger partial charge in [-0.3, -0.25) is 4.90 Å². The van der Waals surface area contributed by atoms with Gasteiger partial charge in [-0.05, 0) is 43.0 Å². The third-order valence-electron chi connectivity index (χ3n) is 4.62. The van der Waals surface area contributed by atoms with E-state index in [1.54, 1.807) is 7.11 Å². The van der Waals surface area contributed by atoms with Crippen molar-refractivity contribution >= 4 is 0 Å². The largest absolute Gasteiger partial charge is 0.493 e. The summed E-state index contributed by atoms with van der Waals surface area (Å²) in [6.07, 6.45) is 1.33. The maximum atomic E-state index is 6.02. The molecule has 0 spiro atoms. The number of rotatable bonds is 6. The summed E-state index contributed by atoms with van der Waals surface area (Å²) in [5, 5.41) is 0. The van der Waals surface area contributed by atoms with E-state index in [0.29, 0.717) is 18.0 Å². The lowest BCUT2D eigenvalue weighted by Crippen LogP contribution is -2.32. The standard InChI is InChI=1S/C16H24N2O3/c1-10-4-12(10)8-18(2)13(7-17)11-5-14(19-3)16-15(6-11)20-9-21-16/h5-6,10,12-13H,4,7-9,17H2,1-3H3. The number of fused-ring (bicyclic) bond motifs is 1. The van der Waals surface area contributed by atoms with Crippen molar-refractivity contribution < 1.29 is 14.2 Å². The van der Waals surface area contributed by atoms with Gasteiger partial charge in [-0.25, -0.2) is 0 Å². The first-order valence-electron chi connectivity index (χ1n) is 7.51. The first-order chi connectivity index (χ1) is 10.1. The molecule has 5 heteroatoms. The van der Waals surface area contributed by atoms with Crippen LogP contribution in [0.25, 0.3) is 0 Å². The van der Waals surface area contributed by atoms with Gasteiger partial charge in [0.25, 0.3) is 0 Å². The summed E-state index contributed by atoms with van der Waals surface area (Å²) in [6.45, 7) is 4.21. The van der Waals surface area contributed by atoms with Gasteiger partial charge in [-0.1, -0.05) is 6.92 Å². The quantitative estimate of drug-likeness (QED) is 0.869. The van der Waals surface area contributed by atoms with Crippen LogP contribution >= 0.6 is 0 Å². The van der Waals surface area contributed by atoms with Crippen LogP contribution in [0.15, 0.2) is 12.1 Å². The second-order valence-corrected chi connectivity index (χ2v) is 6.12. The molecular formula is C16H24N2O3. The van der Waals surface area contributed by atoms with E-state index >= 15 is 0 Å². The second kappa shape index (κ2) is 5.73. The average molecular weight is 292 g/mol. The minimum atomic E-state index is 0.168. The van der Waals surface area contributed by atoms with E-state index < -0.39 is 0 Å². The van der Waals surface area contributed by atoms with Crippen molar-refractivity contribution in [1.82, 2.24) is 4.90 Å². The second-order valence-electron chi connectivity index (χ2n) is 6.12. The van der Waals surface area contributed by atoms with Crippen LogP contribution in [0.2, 0.25) is 0 Å². The molecular weight excluding hydrogens is 268 g/mol. The topological polar surface area (TPSA) is 57.0 Å². The van der Waals surface area contributed by atoms with Gasteiger partial charge in [0, 0.05) is 19.1 Å². The lowest BCUT2D eigenvalue weighted by molar-refractivity contribution is 0.171. The Hall–Kier alpha value is -1.46. The Kier molecular flexibility index (Phi) is 3.95. The number of methoxy groups -OCH3 is 1. The molecule has 1 fully saturated rings. The molecule has 0 bridgehead atoms. The average Bonchev–Trinajstić information content (AvgIpc) is 2.98. The molecule has 2 aliphatic rings. The Morgan fingerprint density at radius 1 is 1.43 bits per heavy atom. The molecule has 0 amide bonds. The summed E-state index contributed by atoms with van der Waals surface area (Å²) in [6, 6.07) is 4.20. The van der Waals surface area contributed by atoms with Crippen LogP contribution in [0.3, 0.4) is 0 Å². The van der Waals surface area contributed by atoms with Crippen LogP contribution in [0.1, 0.15) is 24.9 Å². The molecule has 3 rings (SSSR count). The summed E-state index contributed by atoms with van der Waals surface area (Å²) in [5.74, 6) is 3.80. The molecule has 3 atom stereocenters. The zero-order valence-electron chi connectivity index (χ0n) is 13.0. The van der Waals surface area contributed by atoms with Gasteiger partial charge < -0.3 is 19.9 Å². The summed E-state index contributed by atoms with van der Waals surface area (Å²) < 4.78 is 16.4. The molecule has 1 heterocycles. The molecule has 1 saturated carbocycles. The zero-order valence-corrected chi connectivity index (χ0v) is 13.0. The summed E-state index contributed by atoms with van der Waals surface area (Å²) >= 11 is 0. The molecule has 21 heavy (non-hydrogen) atoms. The van der Waals surface area contributed by atoms with E-state index in [9.17, 15) is 0 Å². The van der Waals surface area contributed by atoms with E-state index in [1.807, 2.05) is 12.1 Å². The normalized spacial score (nSPS) is 24.2. The van der Waals surface area contributed by atoms with Crippen LogP contribution in [0.5, 0.6) is 17.2 Å². The number of hydrogen-bond donors (Lipinski definition) is 1. The van der Waals surface area contributed by atoms with Crippen molar-refractivity contribution in [1.29, 1.82) is 0 Å². The van der Waals surface area contributed by atoms with E-state index in [1.165, 1.54) is 6.42 Å². The predicted octanol–water partition coefficient (Wildman–Crippen LogP) is 2.01. The fourth-order valence-electron chi connectivity index (χ4n) is 3.06. The first kappa shape index (κ1) is 14.5. The maximum Gasteiger partial charge on any atom is 0.231 e. The van der Waals surface area contributed by atoms with Gasteiger partial charge in [0.2, 0.25) is 12.5 Å². The fraction of sp³-hybridized carbons (Fsp3) is 0.625. The van der Waals surface area contributed by atoms with Gasteiger partial charge in [0.05, 0.1) is 7.11 Å². The van der Waals surface area contributed by atoms with Crippen LogP contribution in [0.4, 0.5) is 0 Å². The molecule has 1 aliphatic heterocycles. The molecule has 5 nitrogen and oxygen atoms in total. The highest BCUT2D eigenvalue weighted by atomic mass is 16.7. The smallest absolute Gasteiger partial charge is 0.231 e. The molecule has 0 aromatic heterocycles. The van der Waals surface area contributed by atoms with Gasteiger partial charge in [-0.15, -0.1) is 0 Å². The van der Waals surface area contributed by atoms with Crippen LogP contribution in [-0.2, 0) is 0 Å². The monoisotopic (exact) mass is 292 g/mol. The fourth-order valence-corrected chi connectivity index (χ4v) is 3.06. The molecule has 0 radical (unpaired) electrons. The summed E-state index contributed by atoms with van der Waals surface area (Å²) in [4.78, 5) is 2.34. The Bertz CT molecular complexity index is 520. The minimum absolute atomic E-state index is 0.168. The van der Waals surface area contributed by atoms with Crippen molar-refractivity contribution in [2.24, 2.45) is 17.6 Å². The van der Waals surface area contributed by atoms with E-state index in [2.05, 4.69) is 18.9 Å². The van der Waals surface area contributed by atoms with Crippen molar-refractivity contribution in [3.63, 3.8) is 0 Å². The molecule has 116 valence electrons. The van der Waals surface area contributed by atoms with E-state index in [-0.39, 0.29) is 12.8 Å². The Morgan fingerprint density at radius 2 is 2.19 bits per heavy atom. The molecule has 2 N–H and O–H groups in total. The van der Waals surface area contributed by atoms with Crippen molar-refractivity contribution in [3.05, 3.63) is 17.7 Å². The number of likely N-dealkylation sites (N-methyl/N-ethyl adjacent to an activating group) is 1. The summed E-state index contributed by atoms with van der Waals surface area (Å²) in [7, 11) is 3.79. The van der Waals surface area contributed by atoms with Gasteiger partial charge in [0.15, 0.2) is 11.5 Å². The van der Waals surface area contributed by atoms with Crippen molar-refractivity contribution in [2.75, 3.05) is 34.0 Å². The van der Waals surface area contributed by atoms with E-state index in [0.717, 1.165) is 29.7 Å². The molecule has 0 saturated heterocycles. The van der Waals surface area contributed by atoms with Gasteiger partial charge >= 0.3 is 0 Å². The number of nitrogens with zero attached hydrogens (tertiary/aromatic N) is 1. The maximum absolute atomic E-state index is 6.02. The van der Waals surface area contributed by atoms with Crippen molar-refractivity contribution in [3.8, 4) is 17.2 Å². The number of hydrogen-bond acceptors (Lipinski definition) is 5. The van der Waals surface area contributed by atoms with Crippen LogP contribution in [0, 0.1) is 11.8 Å². The third kappa shape index (κ3) is 2.80.